The summed E-state index contributed by atoms with van der Waals surface area (Å²) in [6.07, 6.45) is 51.1. The molecule has 1 saturated heterocycles. The molecule has 0 aromatic heterocycles. The molecule has 10 heteroatoms. The molecule has 6 atom stereocenters. The van der Waals surface area contributed by atoms with Gasteiger partial charge in [0.1, 0.15) is 31.0 Å². The summed E-state index contributed by atoms with van der Waals surface area (Å²) in [4.78, 5) is 25.5. The van der Waals surface area contributed by atoms with E-state index in [-0.39, 0.29) is 32.0 Å². The number of hydrogen-bond acceptors (Lipinski definition) is 10. The minimum atomic E-state index is -1.60. The van der Waals surface area contributed by atoms with Gasteiger partial charge in [-0.3, -0.25) is 9.59 Å². The number of hydrogen-bond donors (Lipinski definition) is 4. The Hall–Kier alpha value is -2.34. The number of unbranched alkanes of at least 4 members (excludes halogenated alkanes) is 28. The van der Waals surface area contributed by atoms with Crippen molar-refractivity contribution in [1.82, 2.24) is 0 Å². The summed E-state index contributed by atoms with van der Waals surface area (Å²) in [6.45, 7) is 3.41. The zero-order chi connectivity index (χ0) is 48.7. The van der Waals surface area contributed by atoms with Crippen molar-refractivity contribution in [1.29, 1.82) is 0 Å². The maximum absolute atomic E-state index is 12.9. The fourth-order valence-electron chi connectivity index (χ4n) is 8.31. The van der Waals surface area contributed by atoms with Gasteiger partial charge in [0.15, 0.2) is 12.4 Å². The van der Waals surface area contributed by atoms with Crippen LogP contribution in [-0.4, -0.2) is 89.0 Å². The van der Waals surface area contributed by atoms with E-state index < -0.39 is 49.4 Å². The molecule has 1 aliphatic rings. The van der Waals surface area contributed by atoms with E-state index >= 15 is 0 Å². The van der Waals surface area contributed by atoms with E-state index in [4.69, 9.17) is 18.9 Å². The number of allylic oxidation sites excluding steroid dienone is 8. The fourth-order valence-corrected chi connectivity index (χ4v) is 8.31. The second-order valence-electron chi connectivity index (χ2n) is 19.0. The number of carbonyl (C=O) groups excluding carboxylic acids is 2. The Bertz CT molecular complexity index is 1230. The van der Waals surface area contributed by atoms with Crippen molar-refractivity contribution in [3.63, 3.8) is 0 Å². The fraction of sp³-hybridized carbons (Fsp3) is 0.825. The summed E-state index contributed by atoms with van der Waals surface area (Å²) in [6, 6.07) is 0. The second kappa shape index (κ2) is 47.3. The largest absolute Gasteiger partial charge is 0.462 e. The first-order valence-electron chi connectivity index (χ1n) is 27.7. The third-order valence-corrected chi connectivity index (χ3v) is 12.7. The number of aliphatic hydroxyl groups excluding tert-OH is 4. The molecule has 6 unspecified atom stereocenters. The Kier molecular flexibility index (Phi) is 44.3. The molecule has 0 amide bonds. The van der Waals surface area contributed by atoms with E-state index in [9.17, 15) is 30.0 Å². The van der Waals surface area contributed by atoms with Gasteiger partial charge in [0.25, 0.3) is 0 Å². The van der Waals surface area contributed by atoms with Gasteiger partial charge in [-0.2, -0.15) is 0 Å². The molecule has 67 heavy (non-hydrogen) atoms. The first-order valence-corrected chi connectivity index (χ1v) is 27.7. The molecule has 1 aliphatic heterocycles. The van der Waals surface area contributed by atoms with Crippen molar-refractivity contribution < 1.29 is 49.0 Å². The molecule has 0 spiro atoms. The smallest absolute Gasteiger partial charge is 0.306 e. The van der Waals surface area contributed by atoms with Crippen LogP contribution in [0.5, 0.6) is 0 Å². The first-order chi connectivity index (χ1) is 32.8. The lowest BCUT2D eigenvalue weighted by Gasteiger charge is -2.39. The van der Waals surface area contributed by atoms with Gasteiger partial charge in [-0.1, -0.05) is 204 Å². The van der Waals surface area contributed by atoms with Crippen LogP contribution in [0.25, 0.3) is 0 Å². The van der Waals surface area contributed by atoms with Crippen molar-refractivity contribution in [3.8, 4) is 0 Å². The highest BCUT2D eigenvalue weighted by Gasteiger charge is 2.44. The summed E-state index contributed by atoms with van der Waals surface area (Å²) in [5.74, 6) is -0.807. The van der Waals surface area contributed by atoms with Gasteiger partial charge in [-0.25, -0.2) is 0 Å². The molecule has 0 aromatic carbocycles. The minimum Gasteiger partial charge on any atom is -0.462 e. The number of ether oxygens (including phenoxy) is 4. The van der Waals surface area contributed by atoms with Gasteiger partial charge in [0.05, 0.1) is 13.2 Å². The molecule has 0 aliphatic carbocycles. The minimum absolute atomic E-state index is 0.220. The topological polar surface area (TPSA) is 152 Å². The molecule has 1 heterocycles. The molecule has 0 radical (unpaired) electrons. The van der Waals surface area contributed by atoms with Crippen molar-refractivity contribution in [2.75, 3.05) is 19.8 Å². The third-order valence-electron chi connectivity index (χ3n) is 12.7. The second-order valence-corrected chi connectivity index (χ2v) is 19.0. The number of esters is 2. The summed E-state index contributed by atoms with van der Waals surface area (Å²) in [5, 5.41) is 40.3. The average Bonchev–Trinajstić information content (AvgIpc) is 3.33. The predicted molar refractivity (Wildman–Crippen MR) is 275 cm³/mol. The Morgan fingerprint density at radius 3 is 1.27 bits per heavy atom. The lowest BCUT2D eigenvalue weighted by atomic mass is 9.99. The van der Waals surface area contributed by atoms with Crippen LogP contribution >= 0.6 is 0 Å². The maximum atomic E-state index is 12.9. The van der Waals surface area contributed by atoms with Gasteiger partial charge >= 0.3 is 11.9 Å². The van der Waals surface area contributed by atoms with Crippen LogP contribution in [0.4, 0.5) is 0 Å². The third kappa shape index (κ3) is 38.1. The molecular formula is C57H102O10. The van der Waals surface area contributed by atoms with E-state index in [0.29, 0.717) is 6.42 Å². The average molecular weight is 947 g/mol. The molecule has 4 N–H and O–H groups in total. The van der Waals surface area contributed by atoms with Gasteiger partial charge < -0.3 is 39.4 Å². The highest BCUT2D eigenvalue weighted by molar-refractivity contribution is 5.70. The van der Waals surface area contributed by atoms with Crippen LogP contribution in [-0.2, 0) is 28.5 Å². The van der Waals surface area contributed by atoms with Gasteiger partial charge in [-0.15, -0.1) is 0 Å². The van der Waals surface area contributed by atoms with E-state index in [1.54, 1.807) is 0 Å². The van der Waals surface area contributed by atoms with Crippen LogP contribution in [0.1, 0.15) is 245 Å². The quantitative estimate of drug-likeness (QED) is 0.0264. The number of aliphatic hydroxyl groups is 4. The highest BCUT2D eigenvalue weighted by atomic mass is 16.7. The zero-order valence-electron chi connectivity index (χ0n) is 42.9. The number of rotatable bonds is 47. The summed E-state index contributed by atoms with van der Waals surface area (Å²) >= 11 is 0. The van der Waals surface area contributed by atoms with Crippen molar-refractivity contribution in [2.24, 2.45) is 0 Å². The monoisotopic (exact) mass is 947 g/mol. The molecule has 0 bridgehead atoms. The molecule has 1 rings (SSSR count). The summed E-state index contributed by atoms with van der Waals surface area (Å²) in [5.41, 5.74) is 0. The summed E-state index contributed by atoms with van der Waals surface area (Å²) < 4.78 is 22.3. The zero-order valence-corrected chi connectivity index (χ0v) is 42.9. The molecule has 0 saturated carbocycles. The van der Waals surface area contributed by atoms with Gasteiger partial charge in [0.2, 0.25) is 0 Å². The van der Waals surface area contributed by atoms with E-state index in [1.807, 2.05) is 0 Å². The Labute approximate surface area is 409 Å². The SMILES string of the molecule is CCCCC/C=C\C/C=C\CCCCCCCCCCCC(=O)OCC(COC1OC(CO)C(O)C(O)C1O)OC(=O)CCCCCCCCCCCCC/C=C\C/C=C\CCCCCCC. The molecular weight excluding hydrogens is 845 g/mol. The Balaban J connectivity index is 2.23. The van der Waals surface area contributed by atoms with Crippen molar-refractivity contribution in [3.05, 3.63) is 48.6 Å². The normalized spacial score (nSPS) is 19.4. The van der Waals surface area contributed by atoms with Crippen LogP contribution in [0, 0.1) is 0 Å². The Morgan fingerprint density at radius 2 is 0.836 bits per heavy atom. The van der Waals surface area contributed by atoms with E-state index in [0.717, 1.165) is 64.2 Å². The first kappa shape index (κ1) is 62.7. The lowest BCUT2D eigenvalue weighted by molar-refractivity contribution is -0.305. The highest BCUT2D eigenvalue weighted by Crippen LogP contribution is 2.23. The lowest BCUT2D eigenvalue weighted by Crippen LogP contribution is -2.59. The standard InChI is InChI=1S/C57H102O10/c1-3-5-7-9-11-13-15-17-19-21-23-24-25-26-28-30-32-34-36-38-40-42-44-46-53(60)66-50(49-65-57-56(63)55(62)54(61)51(47-58)67-57)48-64-52(59)45-43-41-39-37-35-33-31-29-27-22-20-18-16-14-12-10-8-6-4-2/h12,14-15,17-18,20-21,23,50-51,54-58,61-63H,3-11,13,16,19,22,24-49H2,1-2H3/b14-12-,17-15-,20-18-,23-21-. The maximum Gasteiger partial charge on any atom is 0.306 e. The summed E-state index contributed by atoms with van der Waals surface area (Å²) in [7, 11) is 0. The van der Waals surface area contributed by atoms with E-state index in [1.165, 1.54) is 148 Å². The van der Waals surface area contributed by atoms with Crippen LogP contribution < -0.4 is 0 Å². The molecule has 0 aromatic rings. The van der Waals surface area contributed by atoms with Gasteiger partial charge in [0, 0.05) is 12.8 Å². The van der Waals surface area contributed by atoms with Crippen LogP contribution in [0.3, 0.4) is 0 Å². The van der Waals surface area contributed by atoms with Crippen molar-refractivity contribution in [2.45, 2.75) is 282 Å². The van der Waals surface area contributed by atoms with Gasteiger partial charge in [-0.05, 0) is 77.0 Å². The van der Waals surface area contributed by atoms with Crippen LogP contribution in [0.15, 0.2) is 48.6 Å². The van der Waals surface area contributed by atoms with Crippen molar-refractivity contribution >= 4 is 11.9 Å². The number of carbonyl (C=O) groups is 2. The van der Waals surface area contributed by atoms with E-state index in [2.05, 4.69) is 62.5 Å². The molecule has 10 nitrogen and oxygen atoms in total. The Morgan fingerprint density at radius 1 is 0.463 bits per heavy atom. The molecule has 1 fully saturated rings. The van der Waals surface area contributed by atoms with Crippen LogP contribution in [0.2, 0.25) is 0 Å². The predicted octanol–water partition coefficient (Wildman–Crippen LogP) is 13.6. The molecule has 390 valence electrons.